The molecule has 0 aliphatic rings. The molecule has 0 aliphatic heterocycles. The van der Waals surface area contributed by atoms with Crippen molar-refractivity contribution in [2.24, 2.45) is 0 Å². The predicted octanol–water partition coefficient (Wildman–Crippen LogP) is 15.2. The summed E-state index contributed by atoms with van der Waals surface area (Å²) in [7, 11) is 0. The van der Waals surface area contributed by atoms with Gasteiger partial charge >= 0.3 is 0 Å². The minimum Gasteiger partial charge on any atom is -0.454 e. The monoisotopic (exact) mass is 777 g/mol. The van der Waals surface area contributed by atoms with Crippen LogP contribution in [0.4, 0.5) is 0 Å². The molecule has 0 N–H and O–H groups in total. The van der Waals surface area contributed by atoms with Gasteiger partial charge in [0.15, 0.2) is 11.4 Å². The Bertz CT molecular complexity index is 3630. The van der Waals surface area contributed by atoms with E-state index in [0.717, 1.165) is 99.6 Å². The zero-order valence-corrected chi connectivity index (χ0v) is 33.0. The number of pyridine rings is 1. The molecular weight excluding hydrogens is 743 g/mol. The van der Waals surface area contributed by atoms with E-state index >= 15 is 0 Å². The number of furan rings is 1. The number of rotatable bonds is 6. The minimum atomic E-state index is 0.657. The molecule has 0 saturated carbocycles. The summed E-state index contributed by atoms with van der Waals surface area (Å²) in [4.78, 5) is 16.0. The van der Waals surface area contributed by atoms with Crippen LogP contribution in [0.15, 0.2) is 217 Å². The van der Waals surface area contributed by atoms with Crippen LogP contribution in [-0.2, 0) is 0 Å². The maximum absolute atomic E-state index is 6.77. The molecule has 4 nitrogen and oxygen atoms in total. The molecule has 0 aliphatic carbocycles. The fourth-order valence-electron chi connectivity index (χ4n) is 8.94. The number of hydrogen-bond donors (Lipinski definition) is 0. The standard InChI is InChI=1S/C57H35N3O/c1-3-15-36(16-4-1)37-29-31-39(32-30-37)51-35-50(38-17-5-2-6-18-38)58-57(59-51)42-21-13-20-40(33-42)44-26-14-27-48-53-47-25-11-12-28-52(47)61-56(53)55(60-54(44)48)49-34-41-19-7-8-22-43(41)45-23-9-10-24-46(45)49/h1-35H. The molecule has 3 aromatic heterocycles. The van der Waals surface area contributed by atoms with E-state index in [0.29, 0.717) is 5.82 Å². The second-order valence-electron chi connectivity index (χ2n) is 15.5. The van der Waals surface area contributed by atoms with Crippen LogP contribution in [0.1, 0.15) is 0 Å². The fourth-order valence-corrected chi connectivity index (χ4v) is 8.94. The van der Waals surface area contributed by atoms with Crippen molar-refractivity contribution in [3.8, 4) is 67.4 Å². The summed E-state index contributed by atoms with van der Waals surface area (Å²) < 4.78 is 6.77. The molecule has 0 atom stereocenters. The van der Waals surface area contributed by atoms with Crippen molar-refractivity contribution in [3.05, 3.63) is 212 Å². The Morgan fingerprint density at radius 1 is 0.328 bits per heavy atom. The van der Waals surface area contributed by atoms with Gasteiger partial charge in [-0.3, -0.25) is 0 Å². The first kappa shape index (κ1) is 34.8. The smallest absolute Gasteiger partial charge is 0.162 e. The molecule has 12 rings (SSSR count). The molecule has 0 saturated heterocycles. The topological polar surface area (TPSA) is 51.8 Å². The summed E-state index contributed by atoms with van der Waals surface area (Å²) >= 11 is 0. The van der Waals surface area contributed by atoms with Gasteiger partial charge in [-0.2, -0.15) is 0 Å². The van der Waals surface area contributed by atoms with Gasteiger partial charge in [0.1, 0.15) is 11.3 Å². The molecule has 0 bridgehead atoms. The molecule has 9 aromatic carbocycles. The summed E-state index contributed by atoms with van der Waals surface area (Å²) in [6, 6.07) is 74.3. The molecule has 0 amide bonds. The van der Waals surface area contributed by atoms with Gasteiger partial charge in [0.25, 0.3) is 0 Å². The van der Waals surface area contributed by atoms with E-state index in [4.69, 9.17) is 19.4 Å². The van der Waals surface area contributed by atoms with Crippen LogP contribution < -0.4 is 0 Å². The number of hydrogen-bond acceptors (Lipinski definition) is 4. The van der Waals surface area contributed by atoms with Crippen LogP contribution >= 0.6 is 0 Å². The Balaban J connectivity index is 1.06. The molecule has 3 heterocycles. The Morgan fingerprint density at radius 2 is 0.885 bits per heavy atom. The lowest BCUT2D eigenvalue weighted by Crippen LogP contribution is -1.96. The highest BCUT2D eigenvalue weighted by Gasteiger charge is 2.22. The van der Waals surface area contributed by atoms with Crippen LogP contribution in [0.2, 0.25) is 0 Å². The number of benzene rings is 9. The van der Waals surface area contributed by atoms with Crippen molar-refractivity contribution >= 4 is 54.4 Å². The predicted molar refractivity (Wildman–Crippen MR) is 252 cm³/mol. The van der Waals surface area contributed by atoms with Gasteiger partial charge in [-0.25, -0.2) is 15.0 Å². The van der Waals surface area contributed by atoms with E-state index in [1.807, 2.05) is 24.3 Å². The first-order valence-corrected chi connectivity index (χ1v) is 20.6. The molecule has 0 unspecified atom stereocenters. The lowest BCUT2D eigenvalue weighted by atomic mass is 9.93. The van der Waals surface area contributed by atoms with Gasteiger partial charge in [0, 0.05) is 44.0 Å². The van der Waals surface area contributed by atoms with Gasteiger partial charge < -0.3 is 4.42 Å². The Morgan fingerprint density at radius 3 is 1.67 bits per heavy atom. The third kappa shape index (κ3) is 5.96. The van der Waals surface area contributed by atoms with Crippen LogP contribution in [-0.4, -0.2) is 15.0 Å². The van der Waals surface area contributed by atoms with E-state index in [-0.39, 0.29) is 0 Å². The summed E-state index contributed by atoms with van der Waals surface area (Å²) in [6.07, 6.45) is 0. The van der Waals surface area contributed by atoms with Gasteiger partial charge in [0.2, 0.25) is 0 Å². The average Bonchev–Trinajstić information content (AvgIpc) is 3.74. The van der Waals surface area contributed by atoms with Crippen LogP contribution in [0.25, 0.3) is 122 Å². The zero-order valence-electron chi connectivity index (χ0n) is 33.0. The molecule has 284 valence electrons. The van der Waals surface area contributed by atoms with Crippen molar-refractivity contribution in [1.29, 1.82) is 0 Å². The van der Waals surface area contributed by atoms with Crippen LogP contribution in [0.3, 0.4) is 0 Å². The molecule has 61 heavy (non-hydrogen) atoms. The lowest BCUT2D eigenvalue weighted by molar-refractivity contribution is 0.669. The van der Waals surface area contributed by atoms with Crippen molar-refractivity contribution in [3.63, 3.8) is 0 Å². The molecule has 0 spiro atoms. The third-order valence-corrected chi connectivity index (χ3v) is 11.9. The summed E-state index contributed by atoms with van der Waals surface area (Å²) in [6.45, 7) is 0. The Hall–Kier alpha value is -8.21. The van der Waals surface area contributed by atoms with Crippen molar-refractivity contribution in [2.45, 2.75) is 0 Å². The van der Waals surface area contributed by atoms with Crippen molar-refractivity contribution in [2.75, 3.05) is 0 Å². The first-order valence-electron chi connectivity index (χ1n) is 20.6. The SMILES string of the molecule is c1ccc(-c2ccc(-c3cc(-c4ccccc4)nc(-c4cccc(-c5cccc6c5nc(-c5cc7ccccc7c7ccccc57)c5oc7ccccc7c56)c4)n3)cc2)cc1. The average molecular weight is 778 g/mol. The molecule has 12 aromatic rings. The second-order valence-corrected chi connectivity index (χ2v) is 15.5. The minimum absolute atomic E-state index is 0.657. The Labute approximate surface area is 352 Å². The second kappa shape index (κ2) is 14.3. The largest absolute Gasteiger partial charge is 0.454 e. The van der Waals surface area contributed by atoms with Gasteiger partial charge in [-0.15, -0.1) is 0 Å². The number of aromatic nitrogens is 3. The van der Waals surface area contributed by atoms with Gasteiger partial charge in [0.05, 0.1) is 16.9 Å². The maximum atomic E-state index is 6.77. The summed E-state index contributed by atoms with van der Waals surface area (Å²) in [5.74, 6) is 0.657. The van der Waals surface area contributed by atoms with Gasteiger partial charge in [-0.05, 0) is 62.5 Å². The highest BCUT2D eigenvalue weighted by Crippen LogP contribution is 2.44. The van der Waals surface area contributed by atoms with Gasteiger partial charge in [-0.1, -0.05) is 188 Å². The fraction of sp³-hybridized carbons (Fsp3) is 0. The van der Waals surface area contributed by atoms with Crippen molar-refractivity contribution < 1.29 is 4.42 Å². The van der Waals surface area contributed by atoms with Crippen molar-refractivity contribution in [1.82, 2.24) is 15.0 Å². The summed E-state index contributed by atoms with van der Waals surface area (Å²) in [5, 5.41) is 7.87. The maximum Gasteiger partial charge on any atom is 0.162 e. The quantitative estimate of drug-likeness (QED) is 0.158. The lowest BCUT2D eigenvalue weighted by Gasteiger charge is -2.14. The summed E-state index contributed by atoms with van der Waals surface area (Å²) in [5.41, 5.74) is 13.5. The van der Waals surface area contributed by atoms with E-state index in [2.05, 4.69) is 188 Å². The number of nitrogens with zero attached hydrogens (tertiary/aromatic N) is 3. The van der Waals surface area contributed by atoms with E-state index in [1.165, 1.54) is 16.3 Å². The zero-order chi connectivity index (χ0) is 40.3. The third-order valence-electron chi connectivity index (χ3n) is 11.9. The van der Waals surface area contributed by atoms with Crippen LogP contribution in [0.5, 0.6) is 0 Å². The van der Waals surface area contributed by atoms with Crippen LogP contribution in [0, 0.1) is 0 Å². The van der Waals surface area contributed by atoms with E-state index < -0.39 is 0 Å². The molecular formula is C57H35N3O. The molecule has 0 radical (unpaired) electrons. The first-order chi connectivity index (χ1) is 30.2. The van der Waals surface area contributed by atoms with E-state index in [1.54, 1.807) is 0 Å². The number of fused-ring (bicyclic) bond motifs is 8. The molecule has 4 heteroatoms. The highest BCUT2D eigenvalue weighted by molar-refractivity contribution is 6.24. The normalized spacial score (nSPS) is 11.6. The Kier molecular flexibility index (Phi) is 8.13. The molecule has 0 fully saturated rings. The highest BCUT2D eigenvalue weighted by atomic mass is 16.3. The van der Waals surface area contributed by atoms with E-state index in [9.17, 15) is 0 Å². The number of para-hydroxylation sites is 2.